The van der Waals surface area contributed by atoms with E-state index in [1.54, 1.807) is 0 Å². The molecule has 2 heterocycles. The summed E-state index contributed by atoms with van der Waals surface area (Å²) in [6, 6.07) is 5.37. The van der Waals surface area contributed by atoms with Gasteiger partial charge in [0, 0.05) is 31.9 Å². The van der Waals surface area contributed by atoms with Crippen molar-refractivity contribution in [3.63, 3.8) is 0 Å². The summed E-state index contributed by atoms with van der Waals surface area (Å²) >= 11 is 0. The smallest absolute Gasteiger partial charge is 0.417 e. The Bertz CT molecular complexity index is 918. The molecule has 1 aromatic heterocycles. The Morgan fingerprint density at radius 2 is 2.07 bits per heavy atom. The van der Waals surface area contributed by atoms with Gasteiger partial charge in [0.05, 0.1) is 18.4 Å². The zero-order chi connectivity index (χ0) is 21.2. The Balaban J connectivity index is 1.76. The molecule has 0 saturated carbocycles. The van der Waals surface area contributed by atoms with E-state index in [-0.39, 0.29) is 29.9 Å². The van der Waals surface area contributed by atoms with Gasteiger partial charge in [-0.05, 0) is 18.2 Å². The molecule has 1 aromatic carbocycles. The van der Waals surface area contributed by atoms with Crippen molar-refractivity contribution in [3.05, 3.63) is 42.1 Å². The highest BCUT2D eigenvalue weighted by Crippen LogP contribution is 2.33. The molecule has 3 rings (SSSR count). The number of nitrogens with zero attached hydrogens (tertiary/aromatic N) is 2. The lowest BCUT2D eigenvalue weighted by Gasteiger charge is -2.18. The third-order valence-electron chi connectivity index (χ3n) is 4.25. The van der Waals surface area contributed by atoms with Gasteiger partial charge >= 0.3 is 12.2 Å². The predicted octanol–water partition coefficient (Wildman–Crippen LogP) is 2.86. The number of likely N-dealkylation sites (N-methyl/N-ethyl adjacent to an activating group) is 1. The predicted molar refractivity (Wildman–Crippen MR) is 95.9 cm³/mol. The van der Waals surface area contributed by atoms with E-state index in [0.29, 0.717) is 11.9 Å². The number of hydrogen-bond donors (Lipinski definition) is 2. The van der Waals surface area contributed by atoms with Crippen LogP contribution in [0.4, 0.5) is 23.7 Å². The topological polar surface area (TPSA) is 92.8 Å². The average Bonchev–Trinajstić information content (AvgIpc) is 3.00. The summed E-state index contributed by atoms with van der Waals surface area (Å²) in [4.78, 5) is 28.9. The number of benzene rings is 1. The van der Waals surface area contributed by atoms with Gasteiger partial charge in [-0.3, -0.25) is 4.79 Å². The molecule has 0 unspecified atom stereocenters. The van der Waals surface area contributed by atoms with Crippen molar-refractivity contribution in [1.82, 2.24) is 15.2 Å². The van der Waals surface area contributed by atoms with Crippen molar-refractivity contribution < 1.29 is 32.2 Å². The molecule has 0 spiro atoms. The zero-order valence-electron chi connectivity index (χ0n) is 15.4. The highest BCUT2D eigenvalue weighted by atomic mass is 19.4. The quantitative estimate of drug-likeness (QED) is 0.791. The molecule has 1 fully saturated rings. The summed E-state index contributed by atoms with van der Waals surface area (Å²) in [5.74, 6) is 0.0769. The molecule has 1 atom stereocenters. The van der Waals surface area contributed by atoms with Crippen LogP contribution in [-0.2, 0) is 11.0 Å². The minimum atomic E-state index is -4.49. The van der Waals surface area contributed by atoms with Crippen LogP contribution in [0.3, 0.4) is 0 Å². The summed E-state index contributed by atoms with van der Waals surface area (Å²) in [6.45, 7) is 0.162. The average molecular weight is 410 g/mol. The minimum absolute atomic E-state index is 0.0502. The lowest BCUT2D eigenvalue weighted by molar-refractivity contribution is -0.137. The van der Waals surface area contributed by atoms with Gasteiger partial charge in [0.25, 0.3) is 0 Å². The summed E-state index contributed by atoms with van der Waals surface area (Å²) < 4.78 is 48.5. The zero-order valence-corrected chi connectivity index (χ0v) is 15.4. The fourth-order valence-corrected chi connectivity index (χ4v) is 2.65. The molecule has 154 valence electrons. The second-order valence-electron chi connectivity index (χ2n) is 6.15. The number of ether oxygens (including phenoxy) is 2. The van der Waals surface area contributed by atoms with Crippen LogP contribution in [0.5, 0.6) is 17.4 Å². The Hall–Kier alpha value is -3.50. The fraction of sp³-hybridized carbons (Fsp3) is 0.278. The first-order chi connectivity index (χ1) is 13.7. The first-order valence-electron chi connectivity index (χ1n) is 8.39. The highest BCUT2D eigenvalue weighted by Gasteiger charge is 2.33. The second kappa shape index (κ2) is 7.86. The largest absolute Gasteiger partial charge is 0.495 e. The summed E-state index contributed by atoms with van der Waals surface area (Å²) in [7, 11) is 2.91. The molecular weight excluding hydrogens is 393 g/mol. The molecule has 1 aliphatic heterocycles. The Kier molecular flexibility index (Phi) is 5.48. The third kappa shape index (κ3) is 4.50. The van der Waals surface area contributed by atoms with Crippen LogP contribution in [0.25, 0.3) is 0 Å². The van der Waals surface area contributed by atoms with Gasteiger partial charge in [0.2, 0.25) is 11.8 Å². The number of halogens is 3. The van der Waals surface area contributed by atoms with Crippen molar-refractivity contribution >= 4 is 17.6 Å². The number of urea groups is 1. The van der Waals surface area contributed by atoms with E-state index in [1.165, 1.54) is 37.3 Å². The Labute approximate surface area is 163 Å². The number of anilines is 1. The first kappa shape index (κ1) is 20.2. The van der Waals surface area contributed by atoms with Crippen LogP contribution in [-0.4, -0.2) is 48.6 Å². The number of nitrogens with one attached hydrogen (secondary N) is 2. The number of amides is 3. The van der Waals surface area contributed by atoms with Crippen LogP contribution in [0.15, 0.2) is 36.5 Å². The Morgan fingerprint density at radius 1 is 1.31 bits per heavy atom. The van der Waals surface area contributed by atoms with E-state index in [2.05, 4.69) is 15.6 Å². The standard InChI is InChI=1S/C18H17F3N4O4/c1-25-13(9-23-17(25)27)16(26)24-12-7-11(4-5-14(12)28-2)29-15-6-3-10(8-22-15)18(19,20)21/h3-8,13H,9H2,1-2H3,(H,23,27)(H,24,26)/t13-/m1/s1. The molecule has 8 nitrogen and oxygen atoms in total. The maximum atomic E-state index is 12.6. The maximum absolute atomic E-state index is 12.6. The molecule has 1 saturated heterocycles. The van der Waals surface area contributed by atoms with Gasteiger partial charge in [0.1, 0.15) is 17.5 Å². The van der Waals surface area contributed by atoms with Crippen LogP contribution < -0.4 is 20.1 Å². The second-order valence-corrected chi connectivity index (χ2v) is 6.15. The van der Waals surface area contributed by atoms with Crippen molar-refractivity contribution in [2.45, 2.75) is 12.2 Å². The molecule has 2 N–H and O–H groups in total. The number of methoxy groups -OCH3 is 1. The molecule has 2 aromatic rings. The molecule has 3 amide bonds. The first-order valence-corrected chi connectivity index (χ1v) is 8.39. The maximum Gasteiger partial charge on any atom is 0.417 e. The number of pyridine rings is 1. The Morgan fingerprint density at radius 3 is 2.62 bits per heavy atom. The van der Waals surface area contributed by atoms with Crippen molar-refractivity contribution in [2.24, 2.45) is 0 Å². The molecule has 0 aliphatic carbocycles. The van der Waals surface area contributed by atoms with Crippen LogP contribution in [0, 0.1) is 0 Å². The van der Waals surface area contributed by atoms with Crippen molar-refractivity contribution in [2.75, 3.05) is 26.0 Å². The monoisotopic (exact) mass is 410 g/mol. The van der Waals surface area contributed by atoms with E-state index in [9.17, 15) is 22.8 Å². The van der Waals surface area contributed by atoms with E-state index in [4.69, 9.17) is 9.47 Å². The number of rotatable bonds is 5. The van der Waals surface area contributed by atoms with Crippen LogP contribution >= 0.6 is 0 Å². The lowest BCUT2D eigenvalue weighted by Crippen LogP contribution is -2.40. The van der Waals surface area contributed by atoms with E-state index in [0.717, 1.165) is 12.1 Å². The summed E-state index contributed by atoms with van der Waals surface area (Å²) in [5.41, 5.74) is -0.619. The lowest BCUT2D eigenvalue weighted by atomic mass is 10.2. The molecule has 0 bridgehead atoms. The highest BCUT2D eigenvalue weighted by molar-refractivity contribution is 5.99. The summed E-state index contributed by atoms with van der Waals surface area (Å²) in [6.07, 6.45) is -3.83. The molecule has 0 radical (unpaired) electrons. The number of alkyl halides is 3. The van der Waals surface area contributed by atoms with Gasteiger partial charge in [0.15, 0.2) is 0 Å². The summed E-state index contributed by atoms with van der Waals surface area (Å²) in [5, 5.41) is 5.22. The van der Waals surface area contributed by atoms with Gasteiger partial charge in [-0.25, -0.2) is 9.78 Å². The van der Waals surface area contributed by atoms with Crippen molar-refractivity contribution in [1.29, 1.82) is 0 Å². The van der Waals surface area contributed by atoms with E-state index < -0.39 is 23.7 Å². The van der Waals surface area contributed by atoms with Gasteiger partial charge in [-0.2, -0.15) is 13.2 Å². The number of carbonyl (C=O) groups excluding carboxylic acids is 2. The molecular formula is C18H17F3N4O4. The normalized spacial score (nSPS) is 16.4. The number of carbonyl (C=O) groups is 2. The minimum Gasteiger partial charge on any atom is -0.495 e. The van der Waals surface area contributed by atoms with Crippen LogP contribution in [0.1, 0.15) is 5.56 Å². The van der Waals surface area contributed by atoms with Gasteiger partial charge in [-0.15, -0.1) is 0 Å². The third-order valence-corrected chi connectivity index (χ3v) is 4.25. The fourth-order valence-electron chi connectivity index (χ4n) is 2.65. The van der Waals surface area contributed by atoms with Gasteiger partial charge in [-0.1, -0.05) is 0 Å². The molecule has 29 heavy (non-hydrogen) atoms. The van der Waals surface area contributed by atoms with E-state index in [1.807, 2.05) is 0 Å². The van der Waals surface area contributed by atoms with E-state index >= 15 is 0 Å². The van der Waals surface area contributed by atoms with Crippen LogP contribution in [0.2, 0.25) is 0 Å². The molecule has 11 heteroatoms. The molecule has 1 aliphatic rings. The number of aromatic nitrogens is 1. The van der Waals surface area contributed by atoms with Crippen molar-refractivity contribution in [3.8, 4) is 17.4 Å². The van der Waals surface area contributed by atoms with Gasteiger partial charge < -0.3 is 25.0 Å². The number of hydrogen-bond acceptors (Lipinski definition) is 5. The SMILES string of the molecule is COc1ccc(Oc2ccc(C(F)(F)F)cn2)cc1NC(=O)[C@H]1CNC(=O)N1C.